The van der Waals surface area contributed by atoms with E-state index in [-0.39, 0.29) is 16.9 Å². The van der Waals surface area contributed by atoms with Crippen LogP contribution in [-0.4, -0.2) is 46.6 Å². The van der Waals surface area contributed by atoms with Crippen molar-refractivity contribution >= 4 is 17.6 Å². The average molecular weight is 409 g/mol. The fourth-order valence-corrected chi connectivity index (χ4v) is 3.64. The quantitative estimate of drug-likeness (QED) is 0.674. The summed E-state index contributed by atoms with van der Waals surface area (Å²) in [6, 6.07) is 12.4. The van der Waals surface area contributed by atoms with Crippen LogP contribution in [0.1, 0.15) is 37.8 Å². The molecule has 1 aromatic heterocycles. The lowest BCUT2D eigenvalue weighted by Crippen LogP contribution is -2.22. The standard InChI is InChI=1S/C21H20FN5O3/c1-23-21(29)15-9-13(20(28)24-17-11-27(2)26-25-17)8-14-18(12-6-4-3-5-7-12)16(10-22)30-19(14)15/h3-9,11,16,18H,10H2,1-2H3,(H,23,29)(H,24,28)/t16-,18+/m0/s1. The third-order valence-electron chi connectivity index (χ3n) is 4.98. The van der Waals surface area contributed by atoms with Crippen molar-refractivity contribution in [3.8, 4) is 5.75 Å². The van der Waals surface area contributed by atoms with Crippen LogP contribution in [0.25, 0.3) is 0 Å². The van der Waals surface area contributed by atoms with Crippen LogP contribution in [0.15, 0.2) is 48.7 Å². The van der Waals surface area contributed by atoms with E-state index >= 15 is 0 Å². The molecular formula is C21H20FN5O3. The number of aryl methyl sites for hydroxylation is 1. The lowest BCUT2D eigenvalue weighted by Gasteiger charge is -2.16. The monoisotopic (exact) mass is 409 g/mol. The third kappa shape index (κ3) is 3.49. The summed E-state index contributed by atoms with van der Waals surface area (Å²) in [4.78, 5) is 25.4. The summed E-state index contributed by atoms with van der Waals surface area (Å²) >= 11 is 0. The van der Waals surface area contributed by atoms with Crippen molar-refractivity contribution < 1.29 is 18.7 Å². The van der Waals surface area contributed by atoms with Gasteiger partial charge >= 0.3 is 0 Å². The summed E-state index contributed by atoms with van der Waals surface area (Å²) < 4.78 is 21.1. The Morgan fingerprint density at radius 2 is 1.97 bits per heavy atom. The Morgan fingerprint density at radius 3 is 2.60 bits per heavy atom. The zero-order chi connectivity index (χ0) is 21.3. The van der Waals surface area contributed by atoms with Crippen molar-refractivity contribution in [1.29, 1.82) is 0 Å². The van der Waals surface area contributed by atoms with E-state index in [4.69, 9.17) is 4.74 Å². The van der Waals surface area contributed by atoms with Crippen molar-refractivity contribution in [2.24, 2.45) is 7.05 Å². The Bertz CT molecular complexity index is 1100. The number of fused-ring (bicyclic) bond motifs is 1. The van der Waals surface area contributed by atoms with Gasteiger partial charge in [-0.05, 0) is 17.7 Å². The Balaban J connectivity index is 1.81. The number of ether oxygens (including phenoxy) is 1. The van der Waals surface area contributed by atoms with Crippen LogP contribution >= 0.6 is 0 Å². The Labute approximate surface area is 172 Å². The third-order valence-corrected chi connectivity index (χ3v) is 4.98. The molecule has 2 atom stereocenters. The summed E-state index contributed by atoms with van der Waals surface area (Å²) in [6.07, 6.45) is 0.768. The second kappa shape index (κ2) is 7.94. The molecule has 30 heavy (non-hydrogen) atoms. The second-order valence-corrected chi connectivity index (χ2v) is 6.95. The molecule has 0 spiro atoms. The van der Waals surface area contributed by atoms with E-state index in [1.165, 1.54) is 17.8 Å². The summed E-state index contributed by atoms with van der Waals surface area (Å²) in [6.45, 7) is -0.734. The predicted molar refractivity (Wildman–Crippen MR) is 107 cm³/mol. The van der Waals surface area contributed by atoms with Gasteiger partial charge in [-0.2, -0.15) is 0 Å². The first-order chi connectivity index (χ1) is 14.5. The van der Waals surface area contributed by atoms with Crippen LogP contribution in [0.3, 0.4) is 0 Å². The van der Waals surface area contributed by atoms with Gasteiger partial charge in [0.05, 0.1) is 17.7 Å². The number of amides is 2. The predicted octanol–water partition coefficient (Wildman–Crippen LogP) is 2.29. The SMILES string of the molecule is CNC(=O)c1cc(C(=O)Nc2cn(C)nn2)cc2c1O[C@@H](CF)[C@@H]2c1ccccc1. The lowest BCUT2D eigenvalue weighted by molar-refractivity contribution is 0.0955. The zero-order valence-electron chi connectivity index (χ0n) is 16.4. The highest BCUT2D eigenvalue weighted by Gasteiger charge is 2.39. The van der Waals surface area contributed by atoms with Crippen LogP contribution in [0, 0.1) is 0 Å². The number of carbonyl (C=O) groups is 2. The minimum atomic E-state index is -0.788. The molecule has 9 heteroatoms. The molecular weight excluding hydrogens is 389 g/mol. The largest absolute Gasteiger partial charge is 0.486 e. The highest BCUT2D eigenvalue weighted by Crippen LogP contribution is 2.45. The van der Waals surface area contributed by atoms with Crippen molar-refractivity contribution in [1.82, 2.24) is 20.3 Å². The molecule has 0 saturated heterocycles. The van der Waals surface area contributed by atoms with Crippen molar-refractivity contribution in [3.05, 3.63) is 70.9 Å². The number of rotatable bonds is 5. The van der Waals surface area contributed by atoms with Crippen molar-refractivity contribution in [2.75, 3.05) is 19.0 Å². The maximum Gasteiger partial charge on any atom is 0.256 e. The van der Waals surface area contributed by atoms with Crippen molar-refractivity contribution in [2.45, 2.75) is 12.0 Å². The molecule has 1 aliphatic heterocycles. The smallest absolute Gasteiger partial charge is 0.256 e. The lowest BCUT2D eigenvalue weighted by atomic mass is 9.86. The van der Waals surface area contributed by atoms with Crippen LogP contribution in [0.4, 0.5) is 10.2 Å². The number of anilines is 1. The van der Waals surface area contributed by atoms with Gasteiger partial charge in [0.2, 0.25) is 0 Å². The first kappa shape index (κ1) is 19.6. The van der Waals surface area contributed by atoms with Gasteiger partial charge in [0, 0.05) is 25.2 Å². The van der Waals surface area contributed by atoms with Crippen LogP contribution < -0.4 is 15.4 Å². The summed E-state index contributed by atoms with van der Waals surface area (Å²) in [5.74, 6) is -0.756. The molecule has 0 fully saturated rings. The summed E-state index contributed by atoms with van der Waals surface area (Å²) in [5, 5.41) is 12.8. The molecule has 2 amide bonds. The molecule has 2 N–H and O–H groups in total. The summed E-state index contributed by atoms with van der Waals surface area (Å²) in [5.41, 5.74) is 1.85. The average Bonchev–Trinajstić information content (AvgIpc) is 3.35. The Kier molecular flexibility index (Phi) is 5.18. The van der Waals surface area contributed by atoms with Gasteiger partial charge < -0.3 is 15.4 Å². The molecule has 0 bridgehead atoms. The van der Waals surface area contributed by atoms with E-state index in [0.29, 0.717) is 11.3 Å². The molecule has 4 rings (SSSR count). The Hall–Kier alpha value is -3.75. The fraction of sp³-hybridized carbons (Fsp3) is 0.238. The van der Waals surface area contributed by atoms with Crippen molar-refractivity contribution in [3.63, 3.8) is 0 Å². The number of nitrogens with one attached hydrogen (secondary N) is 2. The number of nitrogens with zero attached hydrogens (tertiary/aromatic N) is 3. The van der Waals surface area contributed by atoms with Gasteiger partial charge in [0.15, 0.2) is 5.82 Å². The number of halogens is 1. The normalized spacial score (nSPS) is 17.2. The number of hydrogen-bond acceptors (Lipinski definition) is 5. The van der Waals surface area contributed by atoms with E-state index < -0.39 is 30.5 Å². The van der Waals surface area contributed by atoms with Gasteiger partial charge in [-0.1, -0.05) is 35.5 Å². The molecule has 0 saturated carbocycles. The highest BCUT2D eigenvalue weighted by atomic mass is 19.1. The van der Waals surface area contributed by atoms with E-state index in [2.05, 4.69) is 20.9 Å². The van der Waals surface area contributed by atoms with Gasteiger partial charge in [0.1, 0.15) is 18.5 Å². The van der Waals surface area contributed by atoms with E-state index in [0.717, 1.165) is 5.56 Å². The van der Waals surface area contributed by atoms with Gasteiger partial charge in [-0.25, -0.2) is 4.39 Å². The first-order valence-corrected chi connectivity index (χ1v) is 9.37. The first-order valence-electron chi connectivity index (χ1n) is 9.37. The van der Waals surface area contributed by atoms with Crippen LogP contribution in [-0.2, 0) is 7.05 Å². The molecule has 0 aliphatic carbocycles. The number of aromatic nitrogens is 3. The molecule has 8 nitrogen and oxygen atoms in total. The number of benzene rings is 2. The maximum atomic E-state index is 13.8. The minimum absolute atomic E-state index is 0.177. The van der Waals surface area contributed by atoms with Crippen LogP contribution in [0.5, 0.6) is 5.75 Å². The zero-order valence-corrected chi connectivity index (χ0v) is 16.4. The van der Waals surface area contributed by atoms with E-state index in [1.807, 2.05) is 30.3 Å². The van der Waals surface area contributed by atoms with Gasteiger partial charge in [0.25, 0.3) is 11.8 Å². The number of carbonyl (C=O) groups excluding carboxylic acids is 2. The molecule has 0 unspecified atom stereocenters. The number of hydrogen-bond donors (Lipinski definition) is 2. The molecule has 154 valence electrons. The highest BCUT2D eigenvalue weighted by molar-refractivity contribution is 6.07. The molecule has 1 aliphatic rings. The van der Waals surface area contributed by atoms with Crippen LogP contribution in [0.2, 0.25) is 0 Å². The molecule has 2 aromatic carbocycles. The summed E-state index contributed by atoms with van der Waals surface area (Å²) in [7, 11) is 3.16. The van der Waals surface area contributed by atoms with E-state index in [1.54, 1.807) is 19.3 Å². The topological polar surface area (TPSA) is 98.1 Å². The minimum Gasteiger partial charge on any atom is -0.486 e. The Morgan fingerprint density at radius 1 is 1.20 bits per heavy atom. The number of alkyl halides is 1. The molecule has 2 heterocycles. The van der Waals surface area contributed by atoms with Gasteiger partial charge in [-0.15, -0.1) is 5.10 Å². The molecule has 3 aromatic rings. The second-order valence-electron chi connectivity index (χ2n) is 6.95. The fourth-order valence-electron chi connectivity index (χ4n) is 3.64. The maximum absolute atomic E-state index is 13.8. The van der Waals surface area contributed by atoms with Gasteiger partial charge in [-0.3, -0.25) is 14.3 Å². The molecule has 0 radical (unpaired) electrons. The van der Waals surface area contributed by atoms with E-state index in [9.17, 15) is 14.0 Å².